The number of aryl methyl sites for hydroxylation is 1. The number of fused-ring (bicyclic) bond motifs is 2. The van der Waals surface area contributed by atoms with Crippen LogP contribution in [0.2, 0.25) is 0 Å². The Balaban J connectivity index is 1.88. The molecule has 0 atom stereocenters. The molecule has 3 heterocycles. The fraction of sp³-hybridized carbons (Fsp3) is 0.125. The summed E-state index contributed by atoms with van der Waals surface area (Å²) < 4.78 is 1.42. The normalized spacial score (nSPS) is 11.4. The molecular weight excluding hydrogens is 308 g/mol. The summed E-state index contributed by atoms with van der Waals surface area (Å²) in [5.74, 6) is -0.543. The highest BCUT2D eigenvalue weighted by Gasteiger charge is 2.17. The van der Waals surface area contributed by atoms with E-state index in [4.69, 9.17) is 5.73 Å². The average Bonchev–Trinajstić information content (AvgIpc) is 2.94. The topological polar surface area (TPSA) is 123 Å². The molecule has 4 rings (SSSR count). The van der Waals surface area contributed by atoms with E-state index < -0.39 is 11.3 Å². The third-order valence-corrected chi connectivity index (χ3v) is 3.90. The molecule has 0 unspecified atom stereocenters. The van der Waals surface area contributed by atoms with Gasteiger partial charge in [-0.15, -0.1) is 0 Å². The van der Waals surface area contributed by atoms with E-state index >= 15 is 0 Å². The number of aromatic nitrogens is 5. The molecule has 0 aliphatic heterocycles. The molecule has 4 aromatic rings. The van der Waals surface area contributed by atoms with Gasteiger partial charge in [-0.05, 0) is 17.5 Å². The van der Waals surface area contributed by atoms with Gasteiger partial charge in [0.1, 0.15) is 11.1 Å². The number of nitrogens with two attached hydrogens (primary N) is 1. The first-order valence-corrected chi connectivity index (χ1v) is 7.32. The van der Waals surface area contributed by atoms with E-state index in [2.05, 4.69) is 20.1 Å². The number of anilines is 1. The van der Waals surface area contributed by atoms with Gasteiger partial charge in [-0.3, -0.25) is 4.79 Å². The zero-order valence-corrected chi connectivity index (χ0v) is 12.8. The van der Waals surface area contributed by atoms with Gasteiger partial charge in [0.15, 0.2) is 5.65 Å². The highest BCUT2D eigenvalue weighted by molar-refractivity contribution is 5.82. The average molecular weight is 322 g/mol. The lowest BCUT2D eigenvalue weighted by atomic mass is 10.2. The summed E-state index contributed by atoms with van der Waals surface area (Å²) in [6, 6.07) is 9.82. The molecule has 0 spiro atoms. The lowest BCUT2D eigenvalue weighted by Gasteiger charge is -2.07. The smallest absolute Gasteiger partial charge is 0.229 e. The number of aromatic amines is 1. The molecule has 0 aliphatic carbocycles. The lowest BCUT2D eigenvalue weighted by molar-refractivity contribution is 0.459. The molecule has 0 fully saturated rings. The summed E-state index contributed by atoms with van der Waals surface area (Å²) >= 11 is 0. The van der Waals surface area contributed by atoms with Crippen molar-refractivity contribution in [3.8, 4) is 5.88 Å². The quantitative estimate of drug-likeness (QED) is 0.507. The molecular formula is C16H14N6O2. The van der Waals surface area contributed by atoms with Crippen LogP contribution in [0.15, 0.2) is 35.1 Å². The molecule has 24 heavy (non-hydrogen) atoms. The minimum absolute atomic E-state index is 0.0211. The fourth-order valence-corrected chi connectivity index (χ4v) is 2.83. The van der Waals surface area contributed by atoms with Gasteiger partial charge >= 0.3 is 0 Å². The van der Waals surface area contributed by atoms with Crippen molar-refractivity contribution in [3.05, 3.63) is 51.9 Å². The predicted octanol–water partition coefficient (Wildman–Crippen LogP) is 1.08. The Morgan fingerprint density at radius 3 is 2.88 bits per heavy atom. The van der Waals surface area contributed by atoms with Crippen LogP contribution in [0.5, 0.6) is 5.88 Å². The Morgan fingerprint density at radius 1 is 1.29 bits per heavy atom. The summed E-state index contributed by atoms with van der Waals surface area (Å²) in [6.07, 6.45) is 0.307. The second kappa shape index (κ2) is 5.05. The second-order valence-electron chi connectivity index (χ2n) is 5.56. The van der Waals surface area contributed by atoms with E-state index in [-0.39, 0.29) is 17.0 Å². The number of nitrogens with zero attached hydrogens (tertiary/aromatic N) is 4. The molecule has 3 aromatic heterocycles. The number of benzene rings is 1. The van der Waals surface area contributed by atoms with Gasteiger partial charge in [-0.2, -0.15) is 15.1 Å². The minimum atomic E-state index is -0.432. The molecule has 0 saturated carbocycles. The van der Waals surface area contributed by atoms with E-state index in [1.165, 1.54) is 4.68 Å². The van der Waals surface area contributed by atoms with Gasteiger partial charge < -0.3 is 15.8 Å². The third kappa shape index (κ3) is 2.16. The SMILES string of the molecule is Cn1nc(Cc2cc3ccccc3[nH]2)c(=O)c2c(O)nc(N)nc21. The third-order valence-electron chi connectivity index (χ3n) is 3.90. The standard InChI is InChI=1S/C16H14N6O2/c1-22-14-12(15(24)20-16(17)19-14)13(23)11(21-22)7-9-6-8-4-2-3-5-10(8)18-9/h2-6,18H,7H2,1H3,(H3,17,19,20,24). The number of nitrogen functional groups attached to an aromatic ring is 1. The maximum absolute atomic E-state index is 12.7. The van der Waals surface area contributed by atoms with Gasteiger partial charge in [-0.25, -0.2) is 4.68 Å². The van der Waals surface area contributed by atoms with Gasteiger partial charge in [0.05, 0.1) is 0 Å². The van der Waals surface area contributed by atoms with Crippen LogP contribution in [0.25, 0.3) is 21.9 Å². The zero-order valence-electron chi connectivity index (χ0n) is 12.8. The van der Waals surface area contributed by atoms with Crippen molar-refractivity contribution in [2.75, 3.05) is 5.73 Å². The molecule has 4 N–H and O–H groups in total. The van der Waals surface area contributed by atoms with Crippen LogP contribution >= 0.6 is 0 Å². The number of nitrogens with one attached hydrogen (secondary N) is 1. The Bertz CT molecular complexity index is 1110. The molecule has 0 radical (unpaired) electrons. The van der Waals surface area contributed by atoms with Crippen molar-refractivity contribution in [2.24, 2.45) is 7.05 Å². The molecule has 120 valence electrons. The van der Waals surface area contributed by atoms with Crippen molar-refractivity contribution in [1.82, 2.24) is 24.7 Å². The Hall–Kier alpha value is -3.42. The lowest BCUT2D eigenvalue weighted by Crippen LogP contribution is -2.20. The summed E-state index contributed by atoms with van der Waals surface area (Å²) in [7, 11) is 1.64. The molecule has 0 amide bonds. The number of aromatic hydroxyl groups is 1. The second-order valence-corrected chi connectivity index (χ2v) is 5.56. The highest BCUT2D eigenvalue weighted by atomic mass is 16.3. The Kier molecular flexibility index (Phi) is 2.99. The summed E-state index contributed by atoms with van der Waals surface area (Å²) in [5, 5.41) is 15.3. The van der Waals surface area contributed by atoms with Crippen LogP contribution in [-0.2, 0) is 13.5 Å². The van der Waals surface area contributed by atoms with Crippen LogP contribution in [0.4, 0.5) is 5.95 Å². The van der Waals surface area contributed by atoms with E-state index in [1.807, 2.05) is 30.3 Å². The summed E-state index contributed by atoms with van der Waals surface area (Å²) in [4.78, 5) is 23.6. The molecule has 0 aliphatic rings. The highest BCUT2D eigenvalue weighted by Crippen LogP contribution is 2.20. The van der Waals surface area contributed by atoms with Crippen molar-refractivity contribution >= 4 is 27.9 Å². The number of hydrogen-bond acceptors (Lipinski definition) is 6. The number of rotatable bonds is 2. The fourth-order valence-electron chi connectivity index (χ4n) is 2.83. The molecule has 8 nitrogen and oxygen atoms in total. The van der Waals surface area contributed by atoms with Crippen LogP contribution in [0.1, 0.15) is 11.4 Å². The molecule has 0 bridgehead atoms. The number of H-pyrrole nitrogens is 1. The van der Waals surface area contributed by atoms with Gasteiger partial charge in [0, 0.05) is 24.7 Å². The zero-order chi connectivity index (χ0) is 16.8. The molecule has 1 aromatic carbocycles. The van der Waals surface area contributed by atoms with Gasteiger partial charge in [-0.1, -0.05) is 18.2 Å². The predicted molar refractivity (Wildman–Crippen MR) is 89.8 cm³/mol. The van der Waals surface area contributed by atoms with E-state index in [1.54, 1.807) is 7.05 Å². The van der Waals surface area contributed by atoms with E-state index in [9.17, 15) is 9.90 Å². The van der Waals surface area contributed by atoms with E-state index in [0.29, 0.717) is 12.1 Å². The Morgan fingerprint density at radius 2 is 2.08 bits per heavy atom. The first kappa shape index (κ1) is 14.2. The van der Waals surface area contributed by atoms with Crippen molar-refractivity contribution < 1.29 is 5.11 Å². The molecule has 8 heteroatoms. The summed E-state index contributed by atoms with van der Waals surface area (Å²) in [5.41, 5.74) is 7.45. The summed E-state index contributed by atoms with van der Waals surface area (Å²) in [6.45, 7) is 0. The number of para-hydroxylation sites is 1. The maximum Gasteiger partial charge on any atom is 0.229 e. The van der Waals surface area contributed by atoms with E-state index in [0.717, 1.165) is 16.6 Å². The molecule has 0 saturated heterocycles. The largest absolute Gasteiger partial charge is 0.493 e. The van der Waals surface area contributed by atoms with Crippen molar-refractivity contribution in [1.29, 1.82) is 0 Å². The number of hydrogen-bond donors (Lipinski definition) is 3. The van der Waals surface area contributed by atoms with Crippen LogP contribution in [0.3, 0.4) is 0 Å². The van der Waals surface area contributed by atoms with Gasteiger partial charge in [0.2, 0.25) is 17.3 Å². The monoisotopic (exact) mass is 322 g/mol. The maximum atomic E-state index is 12.7. The van der Waals surface area contributed by atoms with Gasteiger partial charge in [0.25, 0.3) is 0 Å². The first-order valence-electron chi connectivity index (χ1n) is 7.32. The Labute approximate surface area is 135 Å². The van der Waals surface area contributed by atoms with Crippen LogP contribution in [0, 0.1) is 0 Å². The first-order chi connectivity index (χ1) is 11.5. The van der Waals surface area contributed by atoms with Crippen molar-refractivity contribution in [2.45, 2.75) is 6.42 Å². The van der Waals surface area contributed by atoms with Crippen LogP contribution in [-0.4, -0.2) is 29.8 Å². The van der Waals surface area contributed by atoms with Crippen molar-refractivity contribution in [3.63, 3.8) is 0 Å². The van der Waals surface area contributed by atoms with Crippen LogP contribution < -0.4 is 11.2 Å². The minimum Gasteiger partial charge on any atom is -0.493 e.